The highest BCUT2D eigenvalue weighted by molar-refractivity contribution is 7.14. The van der Waals surface area contributed by atoms with Gasteiger partial charge in [0.15, 0.2) is 5.13 Å². The average molecular weight is 329 g/mol. The van der Waals surface area contributed by atoms with Gasteiger partial charge in [0.1, 0.15) is 17.0 Å². The number of amides is 2. The lowest BCUT2D eigenvalue weighted by molar-refractivity contribution is -0.114. The van der Waals surface area contributed by atoms with Gasteiger partial charge in [-0.05, 0) is 19.1 Å². The zero-order chi connectivity index (χ0) is 16.4. The molecule has 0 spiro atoms. The Morgan fingerprint density at radius 3 is 2.83 bits per heavy atom. The number of nitrogens with one attached hydrogen (secondary N) is 2. The molecule has 2 aromatic heterocycles. The highest BCUT2D eigenvalue weighted by Crippen LogP contribution is 2.24. The van der Waals surface area contributed by atoms with Crippen molar-refractivity contribution in [3.8, 4) is 0 Å². The lowest BCUT2D eigenvalue weighted by Gasteiger charge is -2.09. The van der Waals surface area contributed by atoms with E-state index in [1.54, 1.807) is 5.38 Å². The Morgan fingerprint density at radius 2 is 2.09 bits per heavy atom. The third-order valence-corrected chi connectivity index (χ3v) is 4.00. The zero-order valence-corrected chi connectivity index (χ0v) is 13.4. The maximum atomic E-state index is 12.2. The van der Waals surface area contributed by atoms with Crippen molar-refractivity contribution in [3.63, 3.8) is 0 Å². The molecule has 3 aromatic rings. The zero-order valence-electron chi connectivity index (χ0n) is 12.6. The normalized spacial score (nSPS) is 12.1. The molecule has 0 aliphatic heterocycles. The molecule has 0 aliphatic rings. The molecule has 0 fully saturated rings. The van der Waals surface area contributed by atoms with Crippen LogP contribution in [-0.4, -0.2) is 16.8 Å². The van der Waals surface area contributed by atoms with Crippen LogP contribution in [0.4, 0.5) is 5.13 Å². The molecule has 2 N–H and O–H groups in total. The first kappa shape index (κ1) is 15.2. The molecule has 118 valence electrons. The van der Waals surface area contributed by atoms with Crippen molar-refractivity contribution in [2.45, 2.75) is 19.9 Å². The van der Waals surface area contributed by atoms with Crippen LogP contribution >= 0.6 is 11.3 Å². The number of carbonyl (C=O) groups is 2. The fraction of sp³-hybridized carbons (Fsp3) is 0.188. The van der Waals surface area contributed by atoms with Crippen LogP contribution in [0.2, 0.25) is 0 Å². The highest BCUT2D eigenvalue weighted by atomic mass is 32.1. The van der Waals surface area contributed by atoms with Gasteiger partial charge >= 0.3 is 0 Å². The van der Waals surface area contributed by atoms with Crippen LogP contribution in [0.5, 0.6) is 0 Å². The number of furan rings is 1. The second-order valence-corrected chi connectivity index (χ2v) is 5.96. The Labute approximate surface area is 136 Å². The first-order valence-electron chi connectivity index (χ1n) is 7.05. The molecule has 0 bridgehead atoms. The van der Waals surface area contributed by atoms with E-state index >= 15 is 0 Å². The van der Waals surface area contributed by atoms with Crippen LogP contribution in [0, 0.1) is 0 Å². The van der Waals surface area contributed by atoms with Gasteiger partial charge in [-0.2, -0.15) is 0 Å². The molecule has 23 heavy (non-hydrogen) atoms. The number of aromatic nitrogens is 1. The minimum absolute atomic E-state index is 0.220. The molecule has 0 aliphatic carbocycles. The molecule has 0 saturated heterocycles. The van der Waals surface area contributed by atoms with Crippen molar-refractivity contribution in [3.05, 3.63) is 47.2 Å². The maximum absolute atomic E-state index is 12.2. The number of anilines is 1. The van der Waals surface area contributed by atoms with Gasteiger partial charge < -0.3 is 15.1 Å². The van der Waals surface area contributed by atoms with Crippen LogP contribution < -0.4 is 10.6 Å². The van der Waals surface area contributed by atoms with Gasteiger partial charge in [0, 0.05) is 17.7 Å². The van der Waals surface area contributed by atoms with Crippen molar-refractivity contribution in [1.29, 1.82) is 0 Å². The van der Waals surface area contributed by atoms with E-state index in [1.165, 1.54) is 18.3 Å². The number of para-hydroxylation sites is 1. The van der Waals surface area contributed by atoms with Gasteiger partial charge in [0.05, 0.1) is 6.04 Å². The number of hydrogen-bond acceptors (Lipinski definition) is 5. The van der Waals surface area contributed by atoms with E-state index in [2.05, 4.69) is 15.6 Å². The molecule has 2 heterocycles. The van der Waals surface area contributed by atoms with E-state index < -0.39 is 0 Å². The summed E-state index contributed by atoms with van der Waals surface area (Å²) < 4.78 is 5.73. The summed E-state index contributed by atoms with van der Waals surface area (Å²) >= 11 is 1.21. The lowest BCUT2D eigenvalue weighted by atomic mass is 10.2. The minimum Gasteiger partial charge on any atom is -0.459 e. The Bertz CT molecular complexity index is 835. The summed E-state index contributed by atoms with van der Waals surface area (Å²) in [6.45, 7) is 3.24. The smallest absolute Gasteiger partial charge is 0.271 e. The Kier molecular flexibility index (Phi) is 4.12. The number of nitrogens with zero attached hydrogens (tertiary/aromatic N) is 1. The SMILES string of the molecule is CC(=O)Nc1nc(C(=O)N[C@H](C)c2cc3ccccc3o2)cs1. The molecule has 7 heteroatoms. The second kappa shape index (κ2) is 6.21. The van der Waals surface area contributed by atoms with Gasteiger partial charge in [0.2, 0.25) is 5.91 Å². The average Bonchev–Trinajstić information content (AvgIpc) is 3.12. The van der Waals surface area contributed by atoms with Gasteiger partial charge in [-0.3, -0.25) is 9.59 Å². The third kappa shape index (κ3) is 3.40. The van der Waals surface area contributed by atoms with Crippen molar-refractivity contribution < 1.29 is 14.0 Å². The minimum atomic E-state index is -0.314. The quantitative estimate of drug-likeness (QED) is 0.769. The van der Waals surface area contributed by atoms with Crippen molar-refractivity contribution in [2.24, 2.45) is 0 Å². The molecule has 1 atom stereocenters. The van der Waals surface area contributed by atoms with E-state index in [0.717, 1.165) is 11.0 Å². The summed E-state index contributed by atoms with van der Waals surface area (Å²) in [6, 6.07) is 9.29. The predicted octanol–water partition coefficient (Wildman–Crippen LogP) is 3.34. The van der Waals surface area contributed by atoms with Gasteiger partial charge in [-0.25, -0.2) is 4.98 Å². The largest absolute Gasteiger partial charge is 0.459 e. The van der Waals surface area contributed by atoms with Crippen LogP contribution in [-0.2, 0) is 4.79 Å². The van der Waals surface area contributed by atoms with E-state index in [4.69, 9.17) is 4.42 Å². The summed E-state index contributed by atoms with van der Waals surface area (Å²) in [6.07, 6.45) is 0. The number of fused-ring (bicyclic) bond motifs is 1. The Hall–Kier alpha value is -2.67. The van der Waals surface area contributed by atoms with Crippen LogP contribution in [0.15, 0.2) is 40.1 Å². The van der Waals surface area contributed by atoms with E-state index in [-0.39, 0.29) is 23.6 Å². The number of rotatable bonds is 4. The highest BCUT2D eigenvalue weighted by Gasteiger charge is 2.17. The van der Waals surface area contributed by atoms with Gasteiger partial charge in [-0.1, -0.05) is 18.2 Å². The summed E-state index contributed by atoms with van der Waals surface area (Å²) in [4.78, 5) is 27.3. The summed E-state index contributed by atoms with van der Waals surface area (Å²) in [5, 5.41) is 8.39. The predicted molar refractivity (Wildman–Crippen MR) is 88.5 cm³/mol. The molecule has 0 radical (unpaired) electrons. The monoisotopic (exact) mass is 329 g/mol. The standard InChI is InChI=1S/C16H15N3O3S/c1-9(14-7-11-5-3-4-6-13(11)22-14)17-15(21)12-8-23-16(19-12)18-10(2)20/h3-9H,1-2H3,(H,17,21)(H,18,19,20)/t9-/m1/s1. The summed E-state index contributed by atoms with van der Waals surface area (Å²) in [5.74, 6) is 0.143. The first-order valence-corrected chi connectivity index (χ1v) is 7.93. The van der Waals surface area contributed by atoms with Gasteiger partial charge in [-0.15, -0.1) is 11.3 Å². The third-order valence-electron chi connectivity index (χ3n) is 3.24. The summed E-state index contributed by atoms with van der Waals surface area (Å²) in [5.41, 5.74) is 1.05. The fourth-order valence-corrected chi connectivity index (χ4v) is 2.88. The fourth-order valence-electron chi connectivity index (χ4n) is 2.14. The Balaban J connectivity index is 1.71. The van der Waals surface area contributed by atoms with Gasteiger partial charge in [0.25, 0.3) is 5.91 Å². The van der Waals surface area contributed by atoms with Crippen LogP contribution in [0.25, 0.3) is 11.0 Å². The van der Waals surface area contributed by atoms with E-state index in [0.29, 0.717) is 10.9 Å². The van der Waals surface area contributed by atoms with Crippen molar-refractivity contribution >= 4 is 39.3 Å². The van der Waals surface area contributed by atoms with E-state index in [1.807, 2.05) is 37.3 Å². The lowest BCUT2D eigenvalue weighted by Crippen LogP contribution is -2.26. The first-order chi connectivity index (χ1) is 11.0. The molecular formula is C16H15N3O3S. The van der Waals surface area contributed by atoms with Crippen molar-refractivity contribution in [1.82, 2.24) is 10.3 Å². The molecule has 0 saturated carbocycles. The number of thiazole rings is 1. The van der Waals surface area contributed by atoms with Crippen LogP contribution in [0.1, 0.15) is 36.1 Å². The molecule has 6 nitrogen and oxygen atoms in total. The molecule has 2 amide bonds. The molecule has 3 rings (SSSR count). The van der Waals surface area contributed by atoms with Crippen LogP contribution in [0.3, 0.4) is 0 Å². The number of hydrogen-bond donors (Lipinski definition) is 2. The molecule has 0 unspecified atom stereocenters. The molecular weight excluding hydrogens is 314 g/mol. The van der Waals surface area contributed by atoms with Crippen molar-refractivity contribution in [2.75, 3.05) is 5.32 Å². The van der Waals surface area contributed by atoms with E-state index in [9.17, 15) is 9.59 Å². The topological polar surface area (TPSA) is 84.2 Å². The second-order valence-electron chi connectivity index (χ2n) is 5.10. The number of benzene rings is 1. The summed E-state index contributed by atoms with van der Waals surface area (Å²) in [7, 11) is 0. The maximum Gasteiger partial charge on any atom is 0.271 e. The Morgan fingerprint density at radius 1 is 1.30 bits per heavy atom. The number of carbonyl (C=O) groups excluding carboxylic acids is 2. The molecule has 1 aromatic carbocycles.